The number of fused-ring (bicyclic) bond motifs is 1. The van der Waals surface area contributed by atoms with Crippen LogP contribution < -0.4 is 0 Å². The van der Waals surface area contributed by atoms with Gasteiger partial charge < -0.3 is 14.4 Å². The molecule has 0 saturated heterocycles. The molecule has 3 rings (SSSR count). The van der Waals surface area contributed by atoms with E-state index in [4.69, 9.17) is 16.3 Å². The van der Waals surface area contributed by atoms with Crippen LogP contribution >= 0.6 is 11.6 Å². The Bertz CT molecular complexity index is 642. The van der Waals surface area contributed by atoms with Crippen LogP contribution in [0.2, 0.25) is 5.02 Å². The SMILES string of the molecule is Cn1cnc2c1CCN(C[C@@H](O)COCc1ccc(Cl)cc1)C2. The Morgan fingerprint density at radius 3 is 2.91 bits per heavy atom. The normalized spacial score (nSPS) is 16.3. The monoisotopic (exact) mass is 335 g/mol. The second-order valence-electron chi connectivity index (χ2n) is 6.03. The number of ether oxygens (including phenoxy) is 1. The highest BCUT2D eigenvalue weighted by atomic mass is 35.5. The second-order valence-corrected chi connectivity index (χ2v) is 6.47. The predicted molar refractivity (Wildman–Crippen MR) is 89.3 cm³/mol. The number of hydrogen-bond donors (Lipinski definition) is 1. The van der Waals surface area contributed by atoms with Crippen LogP contribution in [0, 0.1) is 0 Å². The van der Waals surface area contributed by atoms with Gasteiger partial charge in [0.05, 0.1) is 31.3 Å². The third kappa shape index (κ3) is 4.32. The van der Waals surface area contributed by atoms with Crippen molar-refractivity contribution >= 4 is 11.6 Å². The maximum absolute atomic E-state index is 10.2. The molecule has 1 N–H and O–H groups in total. The number of nitrogens with zero attached hydrogens (tertiary/aromatic N) is 3. The molecule has 6 heteroatoms. The first kappa shape index (κ1) is 16.5. The summed E-state index contributed by atoms with van der Waals surface area (Å²) in [5.74, 6) is 0. The third-order valence-electron chi connectivity index (χ3n) is 4.15. The van der Waals surface area contributed by atoms with Crippen LogP contribution in [0.5, 0.6) is 0 Å². The Balaban J connectivity index is 1.41. The molecule has 1 aliphatic rings. The van der Waals surface area contributed by atoms with Gasteiger partial charge in [0.15, 0.2) is 0 Å². The van der Waals surface area contributed by atoms with Crippen molar-refractivity contribution in [3.05, 3.63) is 52.6 Å². The second kappa shape index (κ2) is 7.45. The molecule has 0 aliphatic carbocycles. The van der Waals surface area contributed by atoms with Gasteiger partial charge in [-0.25, -0.2) is 4.98 Å². The average Bonchev–Trinajstić information content (AvgIpc) is 2.90. The van der Waals surface area contributed by atoms with Crippen LogP contribution in [0.1, 0.15) is 17.0 Å². The van der Waals surface area contributed by atoms with E-state index in [0.717, 1.165) is 30.8 Å². The Hall–Kier alpha value is -1.40. The third-order valence-corrected chi connectivity index (χ3v) is 4.40. The van der Waals surface area contributed by atoms with Crippen molar-refractivity contribution in [2.24, 2.45) is 7.05 Å². The summed E-state index contributed by atoms with van der Waals surface area (Å²) in [6.45, 7) is 3.16. The zero-order chi connectivity index (χ0) is 16.2. The Kier molecular flexibility index (Phi) is 5.33. The molecule has 2 aromatic rings. The number of aromatic nitrogens is 2. The molecule has 0 bridgehead atoms. The smallest absolute Gasteiger partial charge is 0.0949 e. The molecule has 1 aromatic heterocycles. The van der Waals surface area contributed by atoms with Gasteiger partial charge in [0.2, 0.25) is 0 Å². The fourth-order valence-corrected chi connectivity index (χ4v) is 3.04. The van der Waals surface area contributed by atoms with Gasteiger partial charge in [0.1, 0.15) is 0 Å². The summed E-state index contributed by atoms with van der Waals surface area (Å²) in [6, 6.07) is 7.55. The van der Waals surface area contributed by atoms with E-state index in [2.05, 4.69) is 14.5 Å². The van der Waals surface area contributed by atoms with Crippen molar-refractivity contribution in [1.29, 1.82) is 0 Å². The maximum atomic E-state index is 10.2. The summed E-state index contributed by atoms with van der Waals surface area (Å²) in [5, 5.41) is 10.9. The van der Waals surface area contributed by atoms with Gasteiger partial charge in [-0.05, 0) is 17.7 Å². The van der Waals surface area contributed by atoms with E-state index in [1.807, 2.05) is 37.6 Å². The highest BCUT2D eigenvalue weighted by Gasteiger charge is 2.21. The standard InChI is InChI=1S/C17H22ClN3O2/c1-20-12-19-16-9-21(7-6-17(16)20)8-15(22)11-23-10-13-2-4-14(18)5-3-13/h2-5,12,15,22H,6-11H2,1H3/t15-/m1/s1. The summed E-state index contributed by atoms with van der Waals surface area (Å²) >= 11 is 5.85. The number of halogens is 1. The molecule has 0 spiro atoms. The van der Waals surface area contributed by atoms with E-state index in [1.165, 1.54) is 5.69 Å². The molecule has 1 atom stereocenters. The first-order valence-corrected chi connectivity index (χ1v) is 8.21. The quantitative estimate of drug-likeness (QED) is 0.877. The lowest BCUT2D eigenvalue weighted by Gasteiger charge is -2.28. The van der Waals surface area contributed by atoms with Gasteiger partial charge in [-0.15, -0.1) is 0 Å². The molecule has 0 amide bonds. The molecule has 2 heterocycles. The number of rotatable bonds is 6. The van der Waals surface area contributed by atoms with E-state index in [1.54, 1.807) is 0 Å². The van der Waals surface area contributed by atoms with Gasteiger partial charge in [-0.1, -0.05) is 23.7 Å². The van der Waals surface area contributed by atoms with Crippen LogP contribution in [0.15, 0.2) is 30.6 Å². The lowest BCUT2D eigenvalue weighted by Crippen LogP contribution is -2.38. The highest BCUT2D eigenvalue weighted by molar-refractivity contribution is 6.30. The van der Waals surface area contributed by atoms with Crippen molar-refractivity contribution in [1.82, 2.24) is 14.5 Å². The van der Waals surface area contributed by atoms with E-state index in [9.17, 15) is 5.11 Å². The van der Waals surface area contributed by atoms with Crippen LogP contribution in [0.25, 0.3) is 0 Å². The first-order chi connectivity index (χ1) is 11.1. The molecule has 1 aliphatic heterocycles. The zero-order valence-electron chi connectivity index (χ0n) is 13.3. The number of β-amino-alcohol motifs (C(OH)–C–C–N with tert-alkyl or cyclic N) is 1. The van der Waals surface area contributed by atoms with Crippen LogP contribution in [0.4, 0.5) is 0 Å². The average molecular weight is 336 g/mol. The minimum absolute atomic E-state index is 0.328. The van der Waals surface area contributed by atoms with Crippen LogP contribution in [0.3, 0.4) is 0 Å². The molecule has 0 unspecified atom stereocenters. The van der Waals surface area contributed by atoms with Crippen molar-refractivity contribution in [3.63, 3.8) is 0 Å². The molecule has 0 saturated carbocycles. The van der Waals surface area contributed by atoms with Crippen LogP contribution in [-0.4, -0.2) is 45.4 Å². The summed E-state index contributed by atoms with van der Waals surface area (Å²) in [4.78, 5) is 6.65. The fraction of sp³-hybridized carbons (Fsp3) is 0.471. The lowest BCUT2D eigenvalue weighted by molar-refractivity contribution is 0.00744. The summed E-state index contributed by atoms with van der Waals surface area (Å²) < 4.78 is 7.68. The lowest BCUT2D eigenvalue weighted by atomic mass is 10.1. The van der Waals surface area contributed by atoms with E-state index in [0.29, 0.717) is 24.8 Å². The van der Waals surface area contributed by atoms with Crippen molar-refractivity contribution in [2.45, 2.75) is 25.7 Å². The molecule has 5 nitrogen and oxygen atoms in total. The van der Waals surface area contributed by atoms with Gasteiger partial charge in [-0.2, -0.15) is 0 Å². The van der Waals surface area contributed by atoms with Crippen molar-refractivity contribution in [2.75, 3.05) is 19.7 Å². The number of imidazole rings is 1. The number of hydrogen-bond acceptors (Lipinski definition) is 4. The summed E-state index contributed by atoms with van der Waals surface area (Å²) in [7, 11) is 2.03. The topological polar surface area (TPSA) is 50.5 Å². The van der Waals surface area contributed by atoms with Crippen molar-refractivity contribution in [3.8, 4) is 0 Å². The first-order valence-electron chi connectivity index (χ1n) is 7.83. The van der Waals surface area contributed by atoms with Gasteiger partial charge >= 0.3 is 0 Å². The van der Waals surface area contributed by atoms with Crippen molar-refractivity contribution < 1.29 is 9.84 Å². The number of aliphatic hydroxyl groups excluding tert-OH is 1. The van der Waals surface area contributed by atoms with Gasteiger partial charge in [0.25, 0.3) is 0 Å². The number of benzene rings is 1. The molecular weight excluding hydrogens is 314 g/mol. The van der Waals surface area contributed by atoms with Crippen LogP contribution in [-0.2, 0) is 31.4 Å². The minimum atomic E-state index is -0.493. The molecule has 1 aromatic carbocycles. The number of aliphatic hydroxyl groups is 1. The Labute approximate surface area is 141 Å². The zero-order valence-corrected chi connectivity index (χ0v) is 14.0. The summed E-state index contributed by atoms with van der Waals surface area (Å²) in [5.41, 5.74) is 3.47. The predicted octanol–water partition coefficient (Wildman–Crippen LogP) is 2.01. The van der Waals surface area contributed by atoms with E-state index in [-0.39, 0.29) is 0 Å². The largest absolute Gasteiger partial charge is 0.389 e. The molecule has 23 heavy (non-hydrogen) atoms. The Morgan fingerprint density at radius 2 is 2.13 bits per heavy atom. The number of aryl methyl sites for hydroxylation is 1. The highest BCUT2D eigenvalue weighted by Crippen LogP contribution is 2.17. The summed E-state index contributed by atoms with van der Waals surface area (Å²) in [6.07, 6.45) is 2.34. The molecule has 124 valence electrons. The maximum Gasteiger partial charge on any atom is 0.0949 e. The minimum Gasteiger partial charge on any atom is -0.389 e. The molecule has 0 fully saturated rings. The van der Waals surface area contributed by atoms with E-state index < -0.39 is 6.10 Å². The Morgan fingerprint density at radius 1 is 1.35 bits per heavy atom. The fourth-order valence-electron chi connectivity index (χ4n) is 2.91. The molecule has 0 radical (unpaired) electrons. The van der Waals surface area contributed by atoms with Gasteiger partial charge in [-0.3, -0.25) is 4.90 Å². The van der Waals surface area contributed by atoms with E-state index >= 15 is 0 Å². The van der Waals surface area contributed by atoms with Gasteiger partial charge in [0, 0.05) is 43.8 Å². The molecular formula is C17H22ClN3O2.